The standard InChI is InChI=1S/C15H13ClFN3O3S/c1-9(21)19-13-7-12(17)15(6-11(13)16)24(22,23)20-5-3-10-8-18-4-2-14(10)20/h2,4,6-8H,3,5H2,1H3,(H,19,21). The summed E-state index contributed by atoms with van der Waals surface area (Å²) in [5, 5.41) is 2.29. The summed E-state index contributed by atoms with van der Waals surface area (Å²) < 4.78 is 41.2. The number of carbonyl (C=O) groups excluding carboxylic acids is 1. The maximum atomic E-state index is 14.4. The molecule has 0 atom stereocenters. The molecule has 0 bridgehead atoms. The number of sulfonamides is 1. The molecule has 1 amide bonds. The first-order chi connectivity index (χ1) is 11.3. The number of nitrogens with zero attached hydrogens (tertiary/aromatic N) is 2. The van der Waals surface area contributed by atoms with Crippen molar-refractivity contribution in [1.82, 2.24) is 4.98 Å². The van der Waals surface area contributed by atoms with Crippen LogP contribution in [0.15, 0.2) is 35.5 Å². The third-order valence-electron chi connectivity index (χ3n) is 3.63. The minimum atomic E-state index is -4.12. The number of rotatable bonds is 3. The molecule has 3 rings (SSSR count). The van der Waals surface area contributed by atoms with Crippen molar-refractivity contribution >= 4 is 38.9 Å². The van der Waals surface area contributed by atoms with Crippen LogP contribution in [0.4, 0.5) is 15.8 Å². The molecule has 0 spiro atoms. The van der Waals surface area contributed by atoms with Crippen LogP contribution >= 0.6 is 11.6 Å². The molecule has 9 heteroatoms. The molecule has 126 valence electrons. The Kier molecular flexibility index (Phi) is 4.18. The van der Waals surface area contributed by atoms with Crippen molar-refractivity contribution in [2.24, 2.45) is 0 Å². The average Bonchev–Trinajstić information content (AvgIpc) is 2.94. The highest BCUT2D eigenvalue weighted by molar-refractivity contribution is 7.92. The molecular formula is C15H13ClFN3O3S. The Morgan fingerprint density at radius 2 is 2.17 bits per heavy atom. The van der Waals surface area contributed by atoms with E-state index in [0.29, 0.717) is 12.1 Å². The maximum absolute atomic E-state index is 14.4. The predicted octanol–water partition coefficient (Wildman–Crippen LogP) is 2.58. The summed E-state index contributed by atoms with van der Waals surface area (Å²) in [6.07, 6.45) is 3.58. The van der Waals surface area contributed by atoms with Crippen molar-refractivity contribution in [3.05, 3.63) is 47.0 Å². The number of benzene rings is 1. The van der Waals surface area contributed by atoms with Crippen LogP contribution in [0.1, 0.15) is 12.5 Å². The molecule has 2 heterocycles. The Labute approximate surface area is 143 Å². The molecule has 0 fully saturated rings. The van der Waals surface area contributed by atoms with E-state index in [4.69, 9.17) is 11.6 Å². The summed E-state index contributed by atoms with van der Waals surface area (Å²) >= 11 is 5.98. The van der Waals surface area contributed by atoms with Crippen LogP contribution < -0.4 is 9.62 Å². The van der Waals surface area contributed by atoms with Gasteiger partial charge >= 0.3 is 0 Å². The largest absolute Gasteiger partial charge is 0.325 e. The van der Waals surface area contributed by atoms with E-state index in [1.807, 2.05) is 0 Å². The summed E-state index contributed by atoms with van der Waals surface area (Å²) in [6, 6.07) is 3.49. The second-order valence-electron chi connectivity index (χ2n) is 5.28. The van der Waals surface area contributed by atoms with Gasteiger partial charge < -0.3 is 5.32 Å². The number of nitrogens with one attached hydrogen (secondary N) is 1. The van der Waals surface area contributed by atoms with Crippen LogP contribution in [0.2, 0.25) is 5.02 Å². The number of carbonyl (C=O) groups is 1. The third kappa shape index (κ3) is 2.83. The van der Waals surface area contributed by atoms with Crippen molar-refractivity contribution in [2.75, 3.05) is 16.2 Å². The van der Waals surface area contributed by atoms with E-state index < -0.39 is 26.6 Å². The SMILES string of the molecule is CC(=O)Nc1cc(F)c(S(=O)(=O)N2CCc3cnccc32)cc1Cl. The molecule has 6 nitrogen and oxygen atoms in total. The zero-order valence-electron chi connectivity index (χ0n) is 12.6. The fraction of sp³-hybridized carbons (Fsp3) is 0.200. The summed E-state index contributed by atoms with van der Waals surface area (Å²) in [4.78, 5) is 14.5. The Balaban J connectivity index is 2.06. The van der Waals surface area contributed by atoms with Crippen molar-refractivity contribution in [3.8, 4) is 0 Å². The van der Waals surface area contributed by atoms with Gasteiger partial charge in [-0.05, 0) is 24.1 Å². The first-order valence-electron chi connectivity index (χ1n) is 7.03. The van der Waals surface area contributed by atoms with Gasteiger partial charge in [-0.1, -0.05) is 11.6 Å². The number of hydrogen-bond acceptors (Lipinski definition) is 4. The van der Waals surface area contributed by atoms with Crippen LogP contribution in [0, 0.1) is 5.82 Å². The van der Waals surface area contributed by atoms with Crippen LogP contribution in [0.25, 0.3) is 0 Å². The number of aromatic nitrogens is 1. The van der Waals surface area contributed by atoms with Crippen LogP contribution in [0.3, 0.4) is 0 Å². The quantitative estimate of drug-likeness (QED) is 0.901. The number of fused-ring (bicyclic) bond motifs is 1. The summed E-state index contributed by atoms with van der Waals surface area (Å²) in [6.45, 7) is 1.45. The zero-order valence-corrected chi connectivity index (χ0v) is 14.2. The van der Waals surface area contributed by atoms with Gasteiger partial charge in [-0.3, -0.25) is 14.1 Å². The molecule has 0 radical (unpaired) electrons. The lowest BCUT2D eigenvalue weighted by Gasteiger charge is -2.20. The minimum Gasteiger partial charge on any atom is -0.325 e. The van der Waals surface area contributed by atoms with Gasteiger partial charge in [-0.15, -0.1) is 0 Å². The van der Waals surface area contributed by atoms with E-state index >= 15 is 0 Å². The fourth-order valence-corrected chi connectivity index (χ4v) is 4.43. The minimum absolute atomic E-state index is 0.0200. The second-order valence-corrected chi connectivity index (χ2v) is 7.51. The Bertz CT molecular complexity index is 934. The predicted molar refractivity (Wildman–Crippen MR) is 88.2 cm³/mol. The van der Waals surface area contributed by atoms with Crippen molar-refractivity contribution in [3.63, 3.8) is 0 Å². The van der Waals surface area contributed by atoms with E-state index in [2.05, 4.69) is 10.3 Å². The van der Waals surface area contributed by atoms with Crippen molar-refractivity contribution in [2.45, 2.75) is 18.2 Å². The summed E-state index contributed by atoms with van der Waals surface area (Å²) in [5.41, 5.74) is 1.28. The monoisotopic (exact) mass is 369 g/mol. The van der Waals surface area contributed by atoms with Crippen molar-refractivity contribution < 1.29 is 17.6 Å². The Morgan fingerprint density at radius 3 is 2.88 bits per heavy atom. The molecule has 24 heavy (non-hydrogen) atoms. The fourth-order valence-electron chi connectivity index (χ4n) is 2.58. The summed E-state index contributed by atoms with van der Waals surface area (Å²) in [5.74, 6) is -1.42. The van der Waals surface area contributed by atoms with Gasteiger partial charge in [-0.25, -0.2) is 12.8 Å². The molecular weight excluding hydrogens is 357 g/mol. The topological polar surface area (TPSA) is 79.4 Å². The van der Waals surface area contributed by atoms with Gasteiger partial charge in [0.25, 0.3) is 10.0 Å². The molecule has 0 saturated heterocycles. The lowest BCUT2D eigenvalue weighted by Crippen LogP contribution is -2.30. The highest BCUT2D eigenvalue weighted by Crippen LogP contribution is 2.35. The van der Waals surface area contributed by atoms with Gasteiger partial charge in [0, 0.05) is 31.9 Å². The number of halogens is 2. The molecule has 1 aromatic carbocycles. The van der Waals surface area contributed by atoms with Crippen LogP contribution in [0.5, 0.6) is 0 Å². The number of anilines is 2. The molecule has 2 aromatic rings. The molecule has 1 N–H and O–H groups in total. The lowest BCUT2D eigenvalue weighted by atomic mass is 10.2. The van der Waals surface area contributed by atoms with Gasteiger partial charge in [0.2, 0.25) is 5.91 Å². The van der Waals surface area contributed by atoms with E-state index in [1.165, 1.54) is 13.1 Å². The number of hydrogen-bond donors (Lipinski definition) is 1. The second kappa shape index (κ2) is 6.03. The maximum Gasteiger partial charge on any atom is 0.267 e. The van der Waals surface area contributed by atoms with Crippen LogP contribution in [-0.4, -0.2) is 25.9 Å². The van der Waals surface area contributed by atoms with E-state index in [9.17, 15) is 17.6 Å². The van der Waals surface area contributed by atoms with Crippen LogP contribution in [-0.2, 0) is 21.2 Å². The first kappa shape index (κ1) is 16.7. The molecule has 1 aliphatic heterocycles. The first-order valence-corrected chi connectivity index (χ1v) is 8.85. The average molecular weight is 370 g/mol. The number of pyridine rings is 1. The van der Waals surface area contributed by atoms with E-state index in [-0.39, 0.29) is 17.3 Å². The highest BCUT2D eigenvalue weighted by atomic mass is 35.5. The highest BCUT2D eigenvalue weighted by Gasteiger charge is 2.33. The molecule has 1 aromatic heterocycles. The van der Waals surface area contributed by atoms with E-state index in [1.54, 1.807) is 12.3 Å². The van der Waals surface area contributed by atoms with E-state index in [0.717, 1.165) is 22.0 Å². The summed E-state index contributed by atoms with van der Waals surface area (Å²) in [7, 11) is -4.12. The van der Waals surface area contributed by atoms with Gasteiger partial charge in [0.05, 0.1) is 16.4 Å². The zero-order chi connectivity index (χ0) is 17.5. The number of amides is 1. The Morgan fingerprint density at radius 1 is 1.42 bits per heavy atom. The smallest absolute Gasteiger partial charge is 0.267 e. The Hall–Kier alpha value is -2.19. The van der Waals surface area contributed by atoms with Crippen molar-refractivity contribution in [1.29, 1.82) is 0 Å². The third-order valence-corrected chi connectivity index (χ3v) is 5.77. The van der Waals surface area contributed by atoms with Gasteiger partial charge in [0.1, 0.15) is 10.7 Å². The molecule has 0 saturated carbocycles. The molecule has 0 unspecified atom stereocenters. The molecule has 1 aliphatic rings. The normalized spacial score (nSPS) is 13.7. The van der Waals surface area contributed by atoms with Gasteiger partial charge in [-0.2, -0.15) is 0 Å². The van der Waals surface area contributed by atoms with Gasteiger partial charge in [0.15, 0.2) is 0 Å². The molecule has 0 aliphatic carbocycles. The lowest BCUT2D eigenvalue weighted by molar-refractivity contribution is -0.114.